The van der Waals surface area contributed by atoms with E-state index in [9.17, 15) is 4.79 Å². The molecule has 0 spiro atoms. The molecule has 1 aromatic carbocycles. The van der Waals surface area contributed by atoms with Crippen LogP contribution in [0, 0.1) is 5.92 Å². The maximum absolute atomic E-state index is 12.4. The highest BCUT2D eigenvalue weighted by molar-refractivity contribution is 5.93. The Kier molecular flexibility index (Phi) is 8.39. The number of hydrogen-bond donors (Lipinski definition) is 2. The number of benzene rings is 1. The van der Waals surface area contributed by atoms with E-state index in [1.54, 1.807) is 0 Å². The zero-order chi connectivity index (χ0) is 18.9. The number of rotatable bonds is 9. The highest BCUT2D eigenvalue weighted by atomic mass is 16.5. The van der Waals surface area contributed by atoms with Crippen LogP contribution in [0.5, 0.6) is 5.75 Å². The molecule has 1 aromatic rings. The molecule has 26 heavy (non-hydrogen) atoms. The molecule has 1 atom stereocenters. The number of nitrogens with zero attached hydrogens (tertiary/aromatic N) is 1. The Hall–Kier alpha value is -1.59. The predicted octanol–water partition coefficient (Wildman–Crippen LogP) is 3.30. The Labute approximate surface area is 158 Å². The first-order valence-corrected chi connectivity index (χ1v) is 10.1. The highest BCUT2D eigenvalue weighted by Gasteiger charge is 2.19. The van der Waals surface area contributed by atoms with Crippen molar-refractivity contribution in [2.75, 3.05) is 38.1 Å². The minimum atomic E-state index is 0.0527. The van der Waals surface area contributed by atoms with Gasteiger partial charge in [0.1, 0.15) is 5.75 Å². The first-order valence-electron chi connectivity index (χ1n) is 10.1. The van der Waals surface area contributed by atoms with Crippen molar-refractivity contribution in [3.8, 4) is 5.75 Å². The third-order valence-corrected chi connectivity index (χ3v) is 5.27. The van der Waals surface area contributed by atoms with E-state index in [1.165, 1.54) is 5.56 Å². The Morgan fingerprint density at radius 3 is 2.54 bits per heavy atom. The van der Waals surface area contributed by atoms with Gasteiger partial charge in [-0.1, -0.05) is 19.9 Å². The fourth-order valence-corrected chi connectivity index (χ4v) is 3.56. The summed E-state index contributed by atoms with van der Waals surface area (Å²) in [5, 5.41) is 6.46. The van der Waals surface area contributed by atoms with Gasteiger partial charge in [-0.25, -0.2) is 0 Å². The SMILES string of the molecule is CCOc1cc(CC(C)N2CCNCC2)ccc1NC(=O)C(CC)CC. The number of ether oxygens (including phenoxy) is 1. The standard InChI is InChI=1S/C21H35N3O2/c1-5-18(6-2)21(25)23-19-9-8-17(15-20(19)26-7-3)14-16(4)24-12-10-22-11-13-24/h8-9,15-16,18,22H,5-7,10-14H2,1-4H3,(H,23,25). The van der Waals surface area contributed by atoms with Gasteiger partial charge in [0.05, 0.1) is 12.3 Å². The summed E-state index contributed by atoms with van der Waals surface area (Å²) in [6, 6.07) is 6.69. The summed E-state index contributed by atoms with van der Waals surface area (Å²) in [5.74, 6) is 0.909. The quantitative estimate of drug-likeness (QED) is 0.709. The first kappa shape index (κ1) is 20.7. The van der Waals surface area contributed by atoms with Crippen molar-refractivity contribution in [1.82, 2.24) is 10.2 Å². The van der Waals surface area contributed by atoms with Crippen molar-refractivity contribution in [2.45, 2.75) is 53.0 Å². The molecule has 0 radical (unpaired) electrons. The number of carbonyl (C=O) groups is 1. The first-order chi connectivity index (χ1) is 12.6. The van der Waals surface area contributed by atoms with Gasteiger partial charge in [0.25, 0.3) is 0 Å². The van der Waals surface area contributed by atoms with Crippen LogP contribution in [0.15, 0.2) is 18.2 Å². The molecule has 1 amide bonds. The van der Waals surface area contributed by atoms with E-state index in [0.717, 1.165) is 56.9 Å². The van der Waals surface area contributed by atoms with Gasteiger partial charge in [-0.3, -0.25) is 9.69 Å². The van der Waals surface area contributed by atoms with Crippen molar-refractivity contribution in [3.63, 3.8) is 0 Å². The van der Waals surface area contributed by atoms with Crippen molar-refractivity contribution in [3.05, 3.63) is 23.8 Å². The molecule has 1 heterocycles. The van der Waals surface area contributed by atoms with E-state index >= 15 is 0 Å². The van der Waals surface area contributed by atoms with E-state index in [4.69, 9.17) is 4.74 Å². The largest absolute Gasteiger partial charge is 0.492 e. The van der Waals surface area contributed by atoms with Crippen LogP contribution in [0.3, 0.4) is 0 Å². The fraction of sp³-hybridized carbons (Fsp3) is 0.667. The van der Waals surface area contributed by atoms with Crippen LogP contribution in [-0.2, 0) is 11.2 Å². The van der Waals surface area contributed by atoms with Gasteiger partial charge in [-0.2, -0.15) is 0 Å². The minimum Gasteiger partial charge on any atom is -0.492 e. The van der Waals surface area contributed by atoms with Crippen LogP contribution in [-0.4, -0.2) is 49.6 Å². The van der Waals surface area contributed by atoms with E-state index in [1.807, 2.05) is 13.0 Å². The second-order valence-corrected chi connectivity index (χ2v) is 7.11. The molecule has 0 saturated carbocycles. The predicted molar refractivity (Wildman–Crippen MR) is 108 cm³/mol. The topological polar surface area (TPSA) is 53.6 Å². The number of piperazine rings is 1. The van der Waals surface area contributed by atoms with E-state index in [2.05, 4.69) is 48.4 Å². The average Bonchev–Trinajstić information content (AvgIpc) is 2.65. The zero-order valence-corrected chi connectivity index (χ0v) is 16.8. The Bertz CT molecular complexity index is 566. The lowest BCUT2D eigenvalue weighted by molar-refractivity contribution is -0.120. The van der Waals surface area contributed by atoms with Gasteiger partial charge < -0.3 is 15.4 Å². The van der Waals surface area contributed by atoms with Crippen LogP contribution < -0.4 is 15.4 Å². The molecule has 1 aliphatic rings. The summed E-state index contributed by atoms with van der Waals surface area (Å²) in [7, 11) is 0. The molecule has 2 rings (SSSR count). The molecule has 0 bridgehead atoms. The van der Waals surface area contributed by atoms with Crippen LogP contribution in [0.2, 0.25) is 0 Å². The molecule has 5 nitrogen and oxygen atoms in total. The Balaban J connectivity index is 2.08. The summed E-state index contributed by atoms with van der Waals surface area (Å²) in [5.41, 5.74) is 2.03. The van der Waals surface area contributed by atoms with Gasteiger partial charge in [0.2, 0.25) is 5.91 Å². The third kappa shape index (κ3) is 5.71. The van der Waals surface area contributed by atoms with Crippen LogP contribution >= 0.6 is 0 Å². The number of nitrogens with one attached hydrogen (secondary N) is 2. The molecule has 2 N–H and O–H groups in total. The molecular weight excluding hydrogens is 326 g/mol. The maximum atomic E-state index is 12.4. The number of carbonyl (C=O) groups excluding carboxylic acids is 1. The molecule has 0 aliphatic carbocycles. The molecule has 0 aromatic heterocycles. The number of hydrogen-bond acceptors (Lipinski definition) is 4. The molecule has 5 heteroatoms. The second-order valence-electron chi connectivity index (χ2n) is 7.11. The van der Waals surface area contributed by atoms with Crippen LogP contribution in [0.4, 0.5) is 5.69 Å². The lowest BCUT2D eigenvalue weighted by Gasteiger charge is -2.33. The smallest absolute Gasteiger partial charge is 0.227 e. The van der Waals surface area contributed by atoms with E-state index < -0.39 is 0 Å². The Morgan fingerprint density at radius 1 is 1.23 bits per heavy atom. The molecule has 1 unspecified atom stereocenters. The van der Waals surface area contributed by atoms with Crippen LogP contribution in [0.25, 0.3) is 0 Å². The third-order valence-electron chi connectivity index (χ3n) is 5.27. The van der Waals surface area contributed by atoms with Crippen molar-refractivity contribution in [2.24, 2.45) is 5.92 Å². The van der Waals surface area contributed by atoms with Crippen molar-refractivity contribution >= 4 is 11.6 Å². The minimum absolute atomic E-state index is 0.0527. The zero-order valence-electron chi connectivity index (χ0n) is 16.8. The summed E-state index contributed by atoms with van der Waals surface area (Å²) in [4.78, 5) is 14.9. The molecule has 1 saturated heterocycles. The number of anilines is 1. The molecule has 1 aliphatic heterocycles. The fourth-order valence-electron chi connectivity index (χ4n) is 3.56. The average molecular weight is 362 g/mol. The molecule has 146 valence electrons. The van der Waals surface area contributed by atoms with E-state index in [-0.39, 0.29) is 11.8 Å². The van der Waals surface area contributed by atoms with Crippen molar-refractivity contribution in [1.29, 1.82) is 0 Å². The second kappa shape index (κ2) is 10.5. The maximum Gasteiger partial charge on any atom is 0.227 e. The summed E-state index contributed by atoms with van der Waals surface area (Å²) in [6.45, 7) is 13.3. The van der Waals surface area contributed by atoms with E-state index in [0.29, 0.717) is 12.6 Å². The molecular formula is C21H35N3O2. The van der Waals surface area contributed by atoms with Gasteiger partial charge in [-0.05, 0) is 50.8 Å². The van der Waals surface area contributed by atoms with Crippen molar-refractivity contribution < 1.29 is 9.53 Å². The molecule has 1 fully saturated rings. The normalized spacial score (nSPS) is 16.5. The van der Waals surface area contributed by atoms with Gasteiger partial charge in [0.15, 0.2) is 0 Å². The van der Waals surface area contributed by atoms with Gasteiger partial charge >= 0.3 is 0 Å². The van der Waals surface area contributed by atoms with Crippen LogP contribution in [0.1, 0.15) is 46.1 Å². The summed E-state index contributed by atoms with van der Waals surface area (Å²) < 4.78 is 5.81. The lowest BCUT2D eigenvalue weighted by Crippen LogP contribution is -2.48. The summed E-state index contributed by atoms with van der Waals surface area (Å²) >= 11 is 0. The Morgan fingerprint density at radius 2 is 1.92 bits per heavy atom. The lowest BCUT2D eigenvalue weighted by atomic mass is 10.0. The van der Waals surface area contributed by atoms with Gasteiger partial charge in [0, 0.05) is 38.1 Å². The monoisotopic (exact) mass is 361 g/mol. The summed E-state index contributed by atoms with van der Waals surface area (Å²) in [6.07, 6.45) is 2.69. The highest BCUT2D eigenvalue weighted by Crippen LogP contribution is 2.28. The van der Waals surface area contributed by atoms with Gasteiger partial charge in [-0.15, -0.1) is 0 Å². The number of amides is 1.